The van der Waals surface area contributed by atoms with Crippen LogP contribution >= 0.6 is 11.8 Å². The number of likely N-dealkylation sites (tertiary alicyclic amines) is 1. The molecular formula is C37H57FN6O3S. The fraction of sp³-hybridized carbons (Fsp3) is 0.595. The second-order valence-corrected chi connectivity index (χ2v) is 16.3. The third-order valence-corrected chi connectivity index (χ3v) is 11.7. The normalized spacial score (nSPS) is 23.1. The summed E-state index contributed by atoms with van der Waals surface area (Å²) in [6.45, 7) is 16.2. The number of anilines is 2. The van der Waals surface area contributed by atoms with Gasteiger partial charge in [-0.15, -0.1) is 11.8 Å². The second kappa shape index (κ2) is 14.3. The maximum absolute atomic E-state index is 15.7. The van der Waals surface area contributed by atoms with Crippen molar-refractivity contribution in [2.24, 2.45) is 5.92 Å². The summed E-state index contributed by atoms with van der Waals surface area (Å²) in [5.41, 5.74) is 3.45. The molecule has 0 aromatic heterocycles. The molecule has 2 aromatic carbocycles. The summed E-state index contributed by atoms with van der Waals surface area (Å²) in [7, 11) is 0. The molecule has 0 spiro atoms. The van der Waals surface area contributed by atoms with E-state index in [1.54, 1.807) is 6.07 Å². The molecule has 4 aliphatic heterocycles. The third-order valence-electron chi connectivity index (χ3n) is 10.3. The van der Waals surface area contributed by atoms with Crippen LogP contribution < -0.4 is 10.2 Å². The lowest BCUT2D eigenvalue weighted by molar-refractivity contribution is -0.137. The molecule has 4 heterocycles. The van der Waals surface area contributed by atoms with Crippen LogP contribution in [0.1, 0.15) is 74.7 Å². The number of benzene rings is 2. The average Bonchev–Trinajstić information content (AvgIpc) is 3.23. The van der Waals surface area contributed by atoms with Crippen LogP contribution in [0.2, 0.25) is 0 Å². The lowest BCUT2D eigenvalue weighted by Crippen LogP contribution is -2.53. The van der Waals surface area contributed by atoms with Crippen molar-refractivity contribution in [2.45, 2.75) is 82.5 Å². The molecule has 4 aliphatic rings. The van der Waals surface area contributed by atoms with E-state index < -0.39 is 5.25 Å². The molecule has 11 heteroatoms. The van der Waals surface area contributed by atoms with Gasteiger partial charge < -0.3 is 24.9 Å². The molecule has 266 valence electrons. The number of piperidine rings is 1. The van der Waals surface area contributed by atoms with Crippen LogP contribution in [-0.4, -0.2) is 107 Å². The predicted octanol–water partition coefficient (Wildman–Crippen LogP) is 6.55. The molecule has 0 aliphatic carbocycles. The summed E-state index contributed by atoms with van der Waals surface area (Å²) >= 11 is 1.49. The number of hydrogen-bond acceptors (Lipinski definition) is 6. The topological polar surface area (TPSA) is 79.4 Å². The Morgan fingerprint density at radius 3 is 2.38 bits per heavy atom. The van der Waals surface area contributed by atoms with E-state index in [-0.39, 0.29) is 57.2 Å². The molecule has 48 heavy (non-hydrogen) atoms. The SMILES string of the molecule is CC(C)CN1C(=O)[C@H](CC(=O)N2CCC(N3CCc4ccccc4NC3=O)CC2)SC1c1cccc(F)c1N1CCN(C(C)(C)C)CC1.[HH].[HH].[HH]. The maximum atomic E-state index is 15.7. The molecule has 0 saturated carbocycles. The van der Waals surface area contributed by atoms with E-state index >= 15 is 4.39 Å². The first-order valence-corrected chi connectivity index (χ1v) is 18.5. The largest absolute Gasteiger partial charge is 0.366 e. The number of carbonyl (C=O) groups excluding carboxylic acids is 3. The molecule has 9 nitrogen and oxygen atoms in total. The first kappa shape index (κ1) is 34.5. The van der Waals surface area contributed by atoms with E-state index in [4.69, 9.17) is 0 Å². The molecule has 1 unspecified atom stereocenters. The Labute approximate surface area is 293 Å². The van der Waals surface area contributed by atoms with Crippen molar-refractivity contribution in [1.82, 2.24) is 19.6 Å². The first-order valence-electron chi connectivity index (χ1n) is 17.6. The number of halogens is 1. The highest BCUT2D eigenvalue weighted by atomic mass is 32.2. The van der Waals surface area contributed by atoms with E-state index in [1.165, 1.54) is 17.8 Å². The standard InChI is InChI=1S/C37H51FN6O3S.3H2/c1-25(2)24-44-34(46)31(48-35(44)28-10-8-11-29(38)33(28)41-19-21-42(22-20-41)37(3,4)5)23-32(45)40-16-14-27(15-17-40)43-18-13-26-9-6-7-12-30(26)39-36(43)47;;;/h6-12,25,27,31,35H,13-24H2,1-5H3,(H,39,47);3*1H/t31-,35?;;;/m0.../s1. The van der Waals surface area contributed by atoms with Gasteiger partial charge in [0.15, 0.2) is 0 Å². The summed E-state index contributed by atoms with van der Waals surface area (Å²) in [6.07, 6.45) is 2.33. The Kier molecular flexibility index (Phi) is 10.3. The molecule has 3 saturated heterocycles. The number of nitrogens with zero attached hydrogens (tertiary/aromatic N) is 5. The van der Waals surface area contributed by atoms with Crippen molar-refractivity contribution in [3.05, 3.63) is 59.4 Å². The van der Waals surface area contributed by atoms with Crippen molar-refractivity contribution < 1.29 is 23.1 Å². The van der Waals surface area contributed by atoms with Gasteiger partial charge in [0.1, 0.15) is 11.2 Å². The average molecular weight is 685 g/mol. The van der Waals surface area contributed by atoms with E-state index in [0.717, 1.165) is 36.3 Å². The minimum Gasteiger partial charge on any atom is -0.366 e. The highest BCUT2D eigenvalue weighted by Gasteiger charge is 2.44. The van der Waals surface area contributed by atoms with Crippen molar-refractivity contribution in [2.75, 3.05) is 62.6 Å². The number of piperazine rings is 1. The zero-order chi connectivity index (χ0) is 34.2. The quantitative estimate of drug-likeness (QED) is 0.356. The minimum absolute atomic E-state index is 0. The Balaban J connectivity index is 0.00000234. The lowest BCUT2D eigenvalue weighted by atomic mass is 10.0. The Bertz CT molecular complexity index is 1510. The predicted molar refractivity (Wildman–Crippen MR) is 197 cm³/mol. The Morgan fingerprint density at radius 2 is 1.69 bits per heavy atom. The van der Waals surface area contributed by atoms with Crippen molar-refractivity contribution in [3.8, 4) is 0 Å². The number of fused-ring (bicyclic) bond motifs is 1. The molecule has 0 bridgehead atoms. The van der Waals surface area contributed by atoms with Gasteiger partial charge in [0, 0.05) is 85.9 Å². The highest BCUT2D eigenvalue weighted by molar-refractivity contribution is 8.01. The molecular weight excluding hydrogens is 628 g/mol. The fourth-order valence-corrected chi connectivity index (χ4v) is 9.14. The Morgan fingerprint density at radius 1 is 0.979 bits per heavy atom. The molecule has 1 N–H and O–H groups in total. The summed E-state index contributed by atoms with van der Waals surface area (Å²) in [6, 6.07) is 13.1. The number of urea groups is 1. The van der Waals surface area contributed by atoms with E-state index in [2.05, 4.69) is 55.8 Å². The molecule has 4 amide bonds. The summed E-state index contributed by atoms with van der Waals surface area (Å²) in [5.74, 6) is -0.120. The zero-order valence-corrected chi connectivity index (χ0v) is 29.9. The van der Waals surface area contributed by atoms with Gasteiger partial charge in [-0.3, -0.25) is 14.5 Å². The summed E-state index contributed by atoms with van der Waals surface area (Å²) in [5, 5.41) is 2.17. The van der Waals surface area contributed by atoms with Crippen LogP contribution in [0.25, 0.3) is 0 Å². The molecule has 3 fully saturated rings. The molecule has 2 aromatic rings. The fourth-order valence-electron chi connectivity index (χ4n) is 7.66. The minimum atomic E-state index is -0.525. The van der Waals surface area contributed by atoms with Crippen LogP contribution in [-0.2, 0) is 16.0 Å². The molecule has 2 atom stereocenters. The smallest absolute Gasteiger partial charge is 0.322 e. The number of nitrogens with one attached hydrogen (secondary N) is 1. The third kappa shape index (κ3) is 7.32. The lowest BCUT2D eigenvalue weighted by Gasteiger charge is -2.43. The van der Waals surface area contributed by atoms with Crippen LogP contribution in [0.5, 0.6) is 0 Å². The monoisotopic (exact) mass is 684 g/mol. The van der Waals surface area contributed by atoms with Crippen LogP contribution in [0.4, 0.5) is 20.6 Å². The Hall–Kier alpha value is -3.31. The van der Waals surface area contributed by atoms with Gasteiger partial charge in [0.2, 0.25) is 11.8 Å². The number of carbonyl (C=O) groups is 3. The van der Waals surface area contributed by atoms with E-state index in [0.29, 0.717) is 57.8 Å². The number of hydrogen-bond donors (Lipinski definition) is 1. The van der Waals surface area contributed by atoms with Crippen molar-refractivity contribution in [3.63, 3.8) is 0 Å². The van der Waals surface area contributed by atoms with Gasteiger partial charge in [-0.05, 0) is 63.6 Å². The van der Waals surface area contributed by atoms with Gasteiger partial charge in [0.05, 0.1) is 10.9 Å². The van der Waals surface area contributed by atoms with Crippen molar-refractivity contribution >= 4 is 41.0 Å². The first-order chi connectivity index (χ1) is 22.9. The highest BCUT2D eigenvalue weighted by Crippen LogP contribution is 2.48. The molecule has 0 radical (unpaired) electrons. The second-order valence-electron chi connectivity index (χ2n) is 15.0. The number of rotatable bonds is 7. The zero-order valence-electron chi connectivity index (χ0n) is 29.1. The van der Waals surface area contributed by atoms with Gasteiger partial charge in [-0.2, -0.15) is 0 Å². The summed E-state index contributed by atoms with van der Waals surface area (Å²) in [4.78, 5) is 50.9. The van der Waals surface area contributed by atoms with Gasteiger partial charge in [-0.1, -0.05) is 44.2 Å². The maximum Gasteiger partial charge on any atom is 0.322 e. The molecule has 6 rings (SSSR count). The number of para-hydroxylation sites is 2. The van der Waals surface area contributed by atoms with Crippen LogP contribution in [0.3, 0.4) is 0 Å². The summed E-state index contributed by atoms with van der Waals surface area (Å²) < 4.78 is 15.7. The number of thioether (sulfide) groups is 1. The van der Waals surface area contributed by atoms with E-state index in [1.807, 2.05) is 39.0 Å². The van der Waals surface area contributed by atoms with Gasteiger partial charge in [-0.25, -0.2) is 9.18 Å². The number of amides is 4. The van der Waals surface area contributed by atoms with Crippen LogP contribution in [0, 0.1) is 11.7 Å². The van der Waals surface area contributed by atoms with Crippen molar-refractivity contribution in [1.29, 1.82) is 0 Å². The van der Waals surface area contributed by atoms with Gasteiger partial charge in [0.25, 0.3) is 0 Å². The van der Waals surface area contributed by atoms with Gasteiger partial charge >= 0.3 is 6.03 Å². The van der Waals surface area contributed by atoms with Crippen LogP contribution in [0.15, 0.2) is 42.5 Å². The van der Waals surface area contributed by atoms with E-state index in [9.17, 15) is 14.4 Å².